The summed E-state index contributed by atoms with van der Waals surface area (Å²) in [4.78, 5) is 24.0. The summed E-state index contributed by atoms with van der Waals surface area (Å²) in [5, 5.41) is 12.0. The van der Waals surface area contributed by atoms with Crippen LogP contribution >= 0.6 is 0 Å². The van der Waals surface area contributed by atoms with E-state index in [1.807, 2.05) is 6.08 Å². The Morgan fingerprint density at radius 1 is 1.00 bits per heavy atom. The Balaban J connectivity index is 1.70. The molecule has 1 aromatic rings. The van der Waals surface area contributed by atoms with Crippen LogP contribution in [0.2, 0.25) is 0 Å². The van der Waals surface area contributed by atoms with E-state index in [4.69, 9.17) is 0 Å². The van der Waals surface area contributed by atoms with Gasteiger partial charge in [-0.1, -0.05) is 12.2 Å². The zero-order chi connectivity index (χ0) is 18.7. The molecule has 1 aliphatic heterocycles. The largest absolute Gasteiger partial charge is 0.481 e. The minimum absolute atomic E-state index is 0.196. The number of sulfonamides is 1. The molecule has 2 aliphatic rings. The number of amides is 1. The summed E-state index contributed by atoms with van der Waals surface area (Å²) in [5.74, 6) is -2.72. The molecule has 0 spiro atoms. The van der Waals surface area contributed by atoms with Crippen LogP contribution in [0, 0.1) is 11.8 Å². The van der Waals surface area contributed by atoms with Gasteiger partial charge in [0.05, 0.1) is 16.7 Å². The number of hydrogen-bond donors (Lipinski definition) is 2. The van der Waals surface area contributed by atoms with Crippen LogP contribution < -0.4 is 5.32 Å². The van der Waals surface area contributed by atoms with E-state index in [2.05, 4.69) is 5.32 Å². The van der Waals surface area contributed by atoms with Gasteiger partial charge in [-0.15, -0.1) is 0 Å². The van der Waals surface area contributed by atoms with Crippen LogP contribution in [0.15, 0.2) is 41.3 Å². The maximum absolute atomic E-state index is 12.5. The summed E-state index contributed by atoms with van der Waals surface area (Å²) >= 11 is 0. The SMILES string of the molecule is O=C(O)[C@H]1CC=CC[C@@H]1C(=O)Nc1ccc(S(=O)(=O)N2CCCC2)cc1. The average molecular weight is 378 g/mol. The summed E-state index contributed by atoms with van der Waals surface area (Å²) in [6, 6.07) is 6.02. The lowest BCUT2D eigenvalue weighted by Crippen LogP contribution is -2.34. The quantitative estimate of drug-likeness (QED) is 0.764. The van der Waals surface area contributed by atoms with Crippen molar-refractivity contribution in [1.29, 1.82) is 0 Å². The van der Waals surface area contributed by atoms with E-state index in [1.165, 1.54) is 28.6 Å². The summed E-state index contributed by atoms with van der Waals surface area (Å²) in [6.07, 6.45) is 6.04. The van der Waals surface area contributed by atoms with Crippen LogP contribution in [0.25, 0.3) is 0 Å². The van der Waals surface area contributed by atoms with Gasteiger partial charge >= 0.3 is 5.97 Å². The molecule has 1 amide bonds. The zero-order valence-corrected chi connectivity index (χ0v) is 15.1. The number of carbonyl (C=O) groups is 2. The number of carboxylic acids is 1. The van der Waals surface area contributed by atoms with Crippen LogP contribution in [-0.2, 0) is 19.6 Å². The Bertz CT molecular complexity index is 810. The first-order valence-electron chi connectivity index (χ1n) is 8.68. The number of nitrogens with zero attached hydrogens (tertiary/aromatic N) is 1. The fourth-order valence-electron chi connectivity index (χ4n) is 3.40. The van der Waals surface area contributed by atoms with Crippen molar-refractivity contribution in [3.8, 4) is 0 Å². The Kier molecular flexibility index (Phi) is 5.43. The van der Waals surface area contributed by atoms with Gasteiger partial charge in [0.15, 0.2) is 0 Å². The molecule has 1 fully saturated rings. The van der Waals surface area contributed by atoms with Gasteiger partial charge in [0.25, 0.3) is 0 Å². The van der Waals surface area contributed by atoms with Crippen molar-refractivity contribution in [1.82, 2.24) is 4.31 Å². The highest BCUT2D eigenvalue weighted by Gasteiger charge is 2.34. The number of rotatable bonds is 5. The molecule has 0 saturated carbocycles. The maximum Gasteiger partial charge on any atom is 0.307 e. The van der Waals surface area contributed by atoms with Gasteiger partial charge in [0, 0.05) is 18.8 Å². The molecule has 1 saturated heterocycles. The number of benzene rings is 1. The van der Waals surface area contributed by atoms with Gasteiger partial charge in [-0.25, -0.2) is 8.42 Å². The van der Waals surface area contributed by atoms with E-state index < -0.39 is 27.8 Å². The van der Waals surface area contributed by atoms with Gasteiger partial charge in [-0.3, -0.25) is 9.59 Å². The third kappa shape index (κ3) is 3.81. The minimum atomic E-state index is -3.49. The highest BCUT2D eigenvalue weighted by molar-refractivity contribution is 7.89. The van der Waals surface area contributed by atoms with Crippen LogP contribution in [-0.4, -0.2) is 42.8 Å². The Morgan fingerprint density at radius 2 is 1.58 bits per heavy atom. The zero-order valence-electron chi connectivity index (χ0n) is 14.3. The molecular weight excluding hydrogens is 356 g/mol. The molecule has 8 heteroatoms. The molecule has 140 valence electrons. The number of allylic oxidation sites excluding steroid dienone is 2. The summed E-state index contributed by atoms with van der Waals surface area (Å²) in [5.41, 5.74) is 0.453. The lowest BCUT2D eigenvalue weighted by atomic mass is 9.82. The average Bonchev–Trinajstić information content (AvgIpc) is 3.17. The molecule has 0 radical (unpaired) electrons. The minimum Gasteiger partial charge on any atom is -0.481 e. The molecule has 1 aromatic carbocycles. The predicted octanol–water partition coefficient (Wildman–Crippen LogP) is 2.08. The lowest BCUT2D eigenvalue weighted by molar-refractivity contribution is -0.146. The Morgan fingerprint density at radius 3 is 2.15 bits per heavy atom. The topological polar surface area (TPSA) is 104 Å². The second-order valence-electron chi connectivity index (χ2n) is 6.62. The first-order chi connectivity index (χ1) is 12.4. The Hall–Kier alpha value is -2.19. The van der Waals surface area contributed by atoms with E-state index >= 15 is 0 Å². The van der Waals surface area contributed by atoms with E-state index in [-0.39, 0.29) is 10.8 Å². The molecule has 2 atom stereocenters. The number of hydrogen-bond acceptors (Lipinski definition) is 4. The maximum atomic E-state index is 12.5. The standard InChI is InChI=1S/C18H22N2O5S/c21-17(15-5-1-2-6-16(15)18(22)23)19-13-7-9-14(10-8-13)26(24,25)20-11-3-4-12-20/h1-2,7-10,15-16H,3-6,11-12H2,(H,19,21)(H,22,23)/t15-,16-/m0/s1. The number of anilines is 1. The van der Waals surface area contributed by atoms with E-state index in [1.54, 1.807) is 6.08 Å². The van der Waals surface area contributed by atoms with Crippen LogP contribution in [0.1, 0.15) is 25.7 Å². The lowest BCUT2D eigenvalue weighted by Gasteiger charge is -2.24. The van der Waals surface area contributed by atoms with Gasteiger partial charge < -0.3 is 10.4 Å². The van der Waals surface area contributed by atoms with Crippen molar-refractivity contribution < 1.29 is 23.1 Å². The third-order valence-electron chi connectivity index (χ3n) is 4.91. The van der Waals surface area contributed by atoms with Crippen LogP contribution in [0.4, 0.5) is 5.69 Å². The first-order valence-corrected chi connectivity index (χ1v) is 10.1. The molecule has 26 heavy (non-hydrogen) atoms. The van der Waals surface area contributed by atoms with Crippen LogP contribution in [0.3, 0.4) is 0 Å². The summed E-state index contributed by atoms with van der Waals surface area (Å²) in [6.45, 7) is 1.07. The van der Waals surface area contributed by atoms with Crippen molar-refractivity contribution >= 4 is 27.6 Å². The van der Waals surface area contributed by atoms with Gasteiger partial charge in [0.1, 0.15) is 0 Å². The van der Waals surface area contributed by atoms with Gasteiger partial charge in [-0.05, 0) is 49.9 Å². The molecule has 0 bridgehead atoms. The number of aliphatic carboxylic acids is 1. The van der Waals surface area contributed by atoms with E-state index in [9.17, 15) is 23.1 Å². The van der Waals surface area contributed by atoms with Crippen molar-refractivity contribution in [2.24, 2.45) is 11.8 Å². The van der Waals surface area contributed by atoms with E-state index in [0.717, 1.165) is 12.8 Å². The predicted molar refractivity (Wildman–Crippen MR) is 96.1 cm³/mol. The second kappa shape index (κ2) is 7.59. The number of nitrogens with one attached hydrogen (secondary N) is 1. The van der Waals surface area contributed by atoms with E-state index in [0.29, 0.717) is 31.6 Å². The monoisotopic (exact) mass is 378 g/mol. The fraction of sp³-hybridized carbons (Fsp3) is 0.444. The van der Waals surface area contributed by atoms with Crippen molar-refractivity contribution in [3.63, 3.8) is 0 Å². The number of carboxylic acid groups (broad SMARTS) is 1. The smallest absolute Gasteiger partial charge is 0.307 e. The molecule has 7 nitrogen and oxygen atoms in total. The van der Waals surface area contributed by atoms with Crippen molar-refractivity contribution in [2.45, 2.75) is 30.6 Å². The Labute approximate surface area is 152 Å². The fourth-order valence-corrected chi connectivity index (χ4v) is 4.92. The molecule has 1 aliphatic carbocycles. The van der Waals surface area contributed by atoms with Gasteiger partial charge in [0.2, 0.25) is 15.9 Å². The number of carbonyl (C=O) groups excluding carboxylic acids is 1. The summed E-state index contributed by atoms with van der Waals surface area (Å²) < 4.78 is 26.5. The molecule has 3 rings (SSSR count). The third-order valence-corrected chi connectivity index (χ3v) is 6.82. The van der Waals surface area contributed by atoms with Crippen molar-refractivity contribution in [3.05, 3.63) is 36.4 Å². The summed E-state index contributed by atoms with van der Waals surface area (Å²) in [7, 11) is -3.49. The molecule has 0 unspecified atom stereocenters. The van der Waals surface area contributed by atoms with Crippen molar-refractivity contribution in [2.75, 3.05) is 18.4 Å². The second-order valence-corrected chi connectivity index (χ2v) is 8.56. The molecule has 0 aromatic heterocycles. The molecule has 2 N–H and O–H groups in total. The normalized spacial score (nSPS) is 23.7. The molecular formula is C18H22N2O5S. The van der Waals surface area contributed by atoms with Gasteiger partial charge in [-0.2, -0.15) is 4.31 Å². The highest BCUT2D eigenvalue weighted by Crippen LogP contribution is 2.28. The highest BCUT2D eigenvalue weighted by atomic mass is 32.2. The van der Waals surface area contributed by atoms with Crippen LogP contribution in [0.5, 0.6) is 0 Å². The molecule has 1 heterocycles. The first kappa shape index (κ1) is 18.6.